The number of aromatic nitrogens is 9. The van der Waals surface area contributed by atoms with Crippen LogP contribution in [0.4, 0.5) is 23.7 Å². The number of carbonyl (C=O) groups excluding carboxylic acids is 4. The van der Waals surface area contributed by atoms with Crippen molar-refractivity contribution in [1.82, 2.24) is 64.7 Å². The molecule has 11 rings (SSSR count). The summed E-state index contributed by atoms with van der Waals surface area (Å²) in [5.74, 6) is 2.28. The molecular formula is C72H96N18O9. The van der Waals surface area contributed by atoms with Crippen molar-refractivity contribution in [1.29, 1.82) is 0 Å². The van der Waals surface area contributed by atoms with Crippen molar-refractivity contribution in [2.24, 2.45) is 28.8 Å². The number of rotatable bonds is 30. The number of oxime groups is 1. The van der Waals surface area contributed by atoms with E-state index in [1.807, 2.05) is 33.5 Å². The lowest BCUT2D eigenvalue weighted by Gasteiger charge is -2.36. The number of nitrogens with one attached hydrogen (secondary N) is 1. The average molecular weight is 1360 g/mol. The number of nitrogens with zero attached hydrogens (tertiary/aromatic N) is 15. The standard InChI is InChI=1S/C72H96N18O9/c1-46(2)31-48(4)59(35-61(93)49(5)32-47(3)8-17-58(97-45-91)18-12-50-10-15-57(92)16-11-50)84-98-43-63(94)75-36-52-37-76-71(77-38-52)88-29-27-86(28-30-88)64(95)7-6-21-85-23-25-87(26-24-85)72-78-39-56(40-79-72)69(96)89-22-20-53-33-51(9-13-55(53)42-89)41-90-68-65(67(73)80-44-81-68)66(83-90)54-14-19-62-60(34-54)82-70(74)99-62/h9,13-14,19,32-34,37-40,44-48,50,57-58,61,92-93H,6-8,10-12,15-18,20-31,35-36,41-43H2,1-5H3,(H2,74,82)(H,75,94)(H2,73,80,81)/b49-32+,84-59-/t47-,48+,50-,57-,58-,61-/m0/s1. The van der Waals surface area contributed by atoms with Crippen LogP contribution in [0, 0.1) is 23.7 Å². The SMILES string of the molecule is C/C(=C\[C@@H](C)CC[C@@H](CC[C@H]1CC[C@H](O)CC1)OC=O)[C@@H](O)C/C(=N/OCC(=O)NCc1cnc(N2CCN(C(=O)CCCN3CCN(c4ncc(C(=O)N5CCc6cc(Cn7nc(-c8ccc9oc(N)nc9c8)c8c(N)ncnc87)ccc6C5)cn4)CC3)CC2)nc1)[C@H](C)CC(C)C. The number of carbonyl (C=O) groups is 4. The molecule has 3 aliphatic heterocycles. The summed E-state index contributed by atoms with van der Waals surface area (Å²) in [6.45, 7) is 18.6. The van der Waals surface area contributed by atoms with Gasteiger partial charge in [-0.25, -0.2) is 34.6 Å². The molecule has 3 fully saturated rings. The van der Waals surface area contributed by atoms with Gasteiger partial charge in [-0.2, -0.15) is 10.1 Å². The summed E-state index contributed by atoms with van der Waals surface area (Å²) in [6.07, 6.45) is 19.1. The predicted molar refractivity (Wildman–Crippen MR) is 377 cm³/mol. The molecule has 0 spiro atoms. The Bertz CT molecular complexity index is 3930. The van der Waals surface area contributed by atoms with Crippen LogP contribution >= 0.6 is 0 Å². The van der Waals surface area contributed by atoms with Crippen molar-refractivity contribution in [2.75, 3.05) is 93.3 Å². The quantitative estimate of drug-likeness (QED) is 0.0126. The third kappa shape index (κ3) is 19.0. The summed E-state index contributed by atoms with van der Waals surface area (Å²) in [6, 6.07) is 12.0. The van der Waals surface area contributed by atoms with E-state index >= 15 is 0 Å². The fourth-order valence-corrected chi connectivity index (χ4v) is 14.1. The lowest BCUT2D eigenvalue weighted by atomic mass is 9.83. The number of fused-ring (bicyclic) bond motifs is 3. The van der Waals surface area contributed by atoms with Crippen LogP contribution in [0.3, 0.4) is 0 Å². The second-order valence-corrected chi connectivity index (χ2v) is 27.7. The minimum absolute atomic E-state index is 0.0198. The molecule has 3 amide bonds. The van der Waals surface area contributed by atoms with E-state index in [0.717, 1.165) is 125 Å². The van der Waals surface area contributed by atoms with Gasteiger partial charge in [0.1, 0.15) is 29.5 Å². The van der Waals surface area contributed by atoms with E-state index in [9.17, 15) is 29.4 Å². The first-order valence-electron chi connectivity index (χ1n) is 35.1. The largest absolute Gasteiger partial charge is 0.465 e. The van der Waals surface area contributed by atoms with Crippen molar-refractivity contribution < 1.29 is 43.4 Å². The minimum atomic E-state index is -0.784. The summed E-state index contributed by atoms with van der Waals surface area (Å²) in [4.78, 5) is 99.0. The molecule has 5 aromatic heterocycles. The van der Waals surface area contributed by atoms with Gasteiger partial charge in [-0.1, -0.05) is 57.1 Å². The number of anilines is 4. The topological polar surface area (TPSA) is 341 Å². The normalized spacial score (nSPS) is 18.5. The van der Waals surface area contributed by atoms with Gasteiger partial charge in [-0.3, -0.25) is 24.1 Å². The van der Waals surface area contributed by atoms with Gasteiger partial charge < -0.3 is 60.6 Å². The highest BCUT2D eigenvalue weighted by molar-refractivity contribution is 5.99. The van der Waals surface area contributed by atoms with Gasteiger partial charge in [0, 0.05) is 121 Å². The summed E-state index contributed by atoms with van der Waals surface area (Å²) in [7, 11) is 0. The Morgan fingerprint density at radius 2 is 1.55 bits per heavy atom. The smallest absolute Gasteiger partial charge is 0.293 e. The molecule has 0 unspecified atom stereocenters. The Kier molecular flexibility index (Phi) is 24.1. The molecule has 0 radical (unpaired) electrons. The molecule has 99 heavy (non-hydrogen) atoms. The van der Waals surface area contributed by atoms with Crippen molar-refractivity contribution in [3.63, 3.8) is 0 Å². The number of aliphatic hydroxyl groups is 2. The second kappa shape index (κ2) is 33.6. The van der Waals surface area contributed by atoms with E-state index in [2.05, 4.69) is 112 Å². The lowest BCUT2D eigenvalue weighted by molar-refractivity contribution is -0.134. The molecule has 0 bridgehead atoms. The first-order chi connectivity index (χ1) is 47.9. The summed E-state index contributed by atoms with van der Waals surface area (Å²) < 4.78 is 12.8. The van der Waals surface area contributed by atoms with Gasteiger partial charge >= 0.3 is 0 Å². The maximum atomic E-state index is 13.8. The first kappa shape index (κ1) is 71.1. The van der Waals surface area contributed by atoms with Crippen molar-refractivity contribution in [3.05, 3.63) is 107 Å². The molecule has 2 aromatic carbocycles. The fraction of sp³-hybridized carbons (Fsp3) is 0.542. The number of allylic oxidation sites excluding steroid dienone is 1. The van der Waals surface area contributed by atoms with Crippen LogP contribution in [-0.2, 0) is 50.0 Å². The van der Waals surface area contributed by atoms with Gasteiger partial charge in [0.2, 0.25) is 17.8 Å². The number of aliphatic hydroxyl groups excluding tert-OH is 2. The molecule has 4 aliphatic rings. The third-order valence-corrected chi connectivity index (χ3v) is 19.8. The van der Waals surface area contributed by atoms with E-state index in [1.54, 1.807) is 30.9 Å². The number of benzene rings is 2. The number of amides is 3. The van der Waals surface area contributed by atoms with Crippen LogP contribution in [0.15, 0.2) is 88.7 Å². The van der Waals surface area contributed by atoms with Gasteiger partial charge in [-0.15, -0.1) is 0 Å². The monoisotopic (exact) mass is 1360 g/mol. The van der Waals surface area contributed by atoms with Gasteiger partial charge in [-0.05, 0) is 148 Å². The fourth-order valence-electron chi connectivity index (χ4n) is 14.1. The summed E-state index contributed by atoms with van der Waals surface area (Å²) in [5, 5.41) is 34.1. The number of hydrogen-bond donors (Lipinski definition) is 5. The zero-order valence-electron chi connectivity index (χ0n) is 57.8. The molecule has 7 aromatic rings. The minimum Gasteiger partial charge on any atom is -0.465 e. The van der Waals surface area contributed by atoms with Crippen LogP contribution in [0.5, 0.6) is 0 Å². The highest BCUT2D eigenvalue weighted by Crippen LogP contribution is 2.34. The summed E-state index contributed by atoms with van der Waals surface area (Å²) >= 11 is 0. The van der Waals surface area contributed by atoms with Gasteiger partial charge in [0.05, 0.1) is 35.4 Å². The van der Waals surface area contributed by atoms with Crippen molar-refractivity contribution in [3.8, 4) is 11.3 Å². The number of oxazole rings is 1. The molecule has 528 valence electrons. The molecule has 27 heteroatoms. The van der Waals surface area contributed by atoms with Crippen LogP contribution in [0.25, 0.3) is 33.4 Å². The summed E-state index contributed by atoms with van der Waals surface area (Å²) in [5.41, 5.74) is 21.4. The second-order valence-electron chi connectivity index (χ2n) is 27.7. The Labute approximate surface area is 577 Å². The van der Waals surface area contributed by atoms with Crippen LogP contribution in [-0.4, -0.2) is 190 Å². The first-order valence-corrected chi connectivity index (χ1v) is 35.1. The molecule has 7 N–H and O–H groups in total. The van der Waals surface area contributed by atoms with Crippen LogP contribution < -0.4 is 26.6 Å². The molecule has 2 saturated heterocycles. The number of ether oxygens (including phenoxy) is 1. The van der Waals surface area contributed by atoms with Crippen LogP contribution in [0.1, 0.15) is 144 Å². The van der Waals surface area contributed by atoms with E-state index in [-0.39, 0.29) is 67.4 Å². The maximum absolute atomic E-state index is 13.8. The molecule has 27 nitrogen and oxygen atoms in total. The zero-order chi connectivity index (χ0) is 69.5. The number of nitrogen functional groups attached to an aromatic ring is 2. The zero-order valence-corrected chi connectivity index (χ0v) is 57.8. The number of piperazine rings is 2. The molecule has 1 saturated carbocycles. The highest BCUT2D eigenvalue weighted by atomic mass is 16.6. The van der Waals surface area contributed by atoms with E-state index in [1.165, 1.54) is 11.9 Å². The molecule has 1 aliphatic carbocycles. The Balaban J connectivity index is 0.557. The average Bonchev–Trinajstić information content (AvgIpc) is 1.63. The van der Waals surface area contributed by atoms with E-state index in [4.69, 9.17) is 30.6 Å². The molecule has 4 atom stereocenters. The van der Waals surface area contributed by atoms with Gasteiger partial charge in [0.25, 0.3) is 24.3 Å². The Morgan fingerprint density at radius 3 is 2.27 bits per heavy atom. The van der Waals surface area contributed by atoms with E-state index in [0.29, 0.717) is 134 Å². The van der Waals surface area contributed by atoms with Crippen LogP contribution in [0.2, 0.25) is 0 Å². The van der Waals surface area contributed by atoms with Crippen molar-refractivity contribution >= 4 is 75.8 Å². The lowest BCUT2D eigenvalue weighted by Crippen LogP contribution is -2.49. The predicted octanol–water partition coefficient (Wildman–Crippen LogP) is 7.53. The highest BCUT2D eigenvalue weighted by Gasteiger charge is 2.29. The van der Waals surface area contributed by atoms with Gasteiger partial charge in [0.15, 0.2) is 17.8 Å². The third-order valence-electron chi connectivity index (χ3n) is 19.8. The molecular weight excluding hydrogens is 1260 g/mol. The Hall–Kier alpha value is -9.21. The maximum Gasteiger partial charge on any atom is 0.293 e. The van der Waals surface area contributed by atoms with Crippen molar-refractivity contribution in [2.45, 2.75) is 156 Å². The molecule has 8 heterocycles. The van der Waals surface area contributed by atoms with E-state index < -0.39 is 6.10 Å². The Morgan fingerprint density at radius 1 is 0.818 bits per heavy atom. The number of nitrogens with two attached hydrogens (primary N) is 2. The number of hydrogen-bond acceptors (Lipinski definition) is 23.